The molecule has 3 aromatic carbocycles. The molecule has 3 atom stereocenters. The first-order valence-corrected chi connectivity index (χ1v) is 14.0. The second kappa shape index (κ2) is 9.94. The van der Waals surface area contributed by atoms with E-state index in [1.807, 2.05) is 55.5 Å². The van der Waals surface area contributed by atoms with Gasteiger partial charge in [-0.2, -0.15) is 0 Å². The second-order valence-corrected chi connectivity index (χ2v) is 11.6. The number of benzene rings is 3. The Bertz CT molecular complexity index is 1670. The number of thiazole rings is 1. The van der Waals surface area contributed by atoms with Crippen LogP contribution in [0.2, 0.25) is 0 Å². The number of imide groups is 1. The molecule has 4 aromatic rings. The molecule has 0 spiro atoms. The van der Waals surface area contributed by atoms with E-state index >= 15 is 0 Å². The third kappa shape index (κ3) is 4.49. The molecule has 0 aliphatic carbocycles. The van der Waals surface area contributed by atoms with Gasteiger partial charge in [0, 0.05) is 16.5 Å². The van der Waals surface area contributed by atoms with Crippen LogP contribution in [0.4, 0.5) is 15.8 Å². The Balaban J connectivity index is 1.40. The van der Waals surface area contributed by atoms with Crippen LogP contribution >= 0.6 is 23.1 Å². The van der Waals surface area contributed by atoms with Crippen molar-refractivity contribution in [2.45, 2.75) is 29.7 Å². The number of carbonyl (C=O) groups is 3. The van der Waals surface area contributed by atoms with Crippen LogP contribution in [0.3, 0.4) is 0 Å². The minimum atomic E-state index is -0.805. The molecule has 0 saturated carbocycles. The lowest BCUT2D eigenvalue weighted by atomic mass is 9.83. The Morgan fingerprint density at radius 3 is 2.41 bits per heavy atom. The number of hydrogen-bond acceptors (Lipinski definition) is 6. The van der Waals surface area contributed by atoms with E-state index in [-0.39, 0.29) is 17.3 Å². The predicted octanol–water partition coefficient (Wildman–Crippen LogP) is 4.79. The molecule has 3 heterocycles. The summed E-state index contributed by atoms with van der Waals surface area (Å²) in [5.74, 6) is -2.97. The van der Waals surface area contributed by atoms with Crippen molar-refractivity contribution in [2.24, 2.45) is 5.92 Å². The van der Waals surface area contributed by atoms with Gasteiger partial charge in [0.1, 0.15) is 17.6 Å². The van der Waals surface area contributed by atoms with Crippen molar-refractivity contribution in [1.82, 2.24) is 4.57 Å². The zero-order valence-corrected chi connectivity index (χ0v) is 22.3. The van der Waals surface area contributed by atoms with Crippen molar-refractivity contribution in [1.29, 1.82) is 0 Å². The number of rotatable bonds is 5. The van der Waals surface area contributed by atoms with Crippen LogP contribution in [-0.2, 0) is 20.9 Å². The quantitative estimate of drug-likeness (QED) is 0.355. The SMILES string of the molecule is Cc1cccc(NC(=O)Cn2c3c(sc2=O)[C@@H](c2ccccc2)[C@@H]2C(=O)N(c4ccc(F)cc4)C(=O)[C@@H]2S3)c1. The van der Waals surface area contributed by atoms with Crippen LogP contribution in [0.15, 0.2) is 88.7 Å². The number of nitrogens with one attached hydrogen (secondary N) is 1. The van der Waals surface area contributed by atoms with Crippen LogP contribution in [0.25, 0.3) is 0 Å². The summed E-state index contributed by atoms with van der Waals surface area (Å²) in [4.78, 5) is 55.0. The summed E-state index contributed by atoms with van der Waals surface area (Å²) < 4.78 is 15.0. The number of aromatic nitrogens is 1. The number of amides is 3. The van der Waals surface area contributed by atoms with Gasteiger partial charge in [0.25, 0.3) is 0 Å². The standard InChI is InChI=1S/C29H22FN3O4S2/c1-16-6-5-9-19(14-16)31-21(34)15-32-28-25(39-29(32)37)22(17-7-3-2-4-8-17)23-24(38-28)27(36)33(26(23)35)20-12-10-18(30)11-13-20/h2-14,22-24H,15H2,1H3,(H,31,34)/t22-,23-,24+/m0/s1. The molecule has 1 saturated heterocycles. The third-order valence-electron chi connectivity index (χ3n) is 6.90. The second-order valence-electron chi connectivity index (χ2n) is 9.48. The van der Waals surface area contributed by atoms with Gasteiger partial charge in [0.05, 0.1) is 16.6 Å². The first-order valence-electron chi connectivity index (χ1n) is 12.3. The zero-order valence-electron chi connectivity index (χ0n) is 20.7. The molecule has 1 aromatic heterocycles. The molecule has 7 nitrogen and oxygen atoms in total. The number of fused-ring (bicyclic) bond motifs is 2. The zero-order chi connectivity index (χ0) is 27.3. The molecule has 3 amide bonds. The van der Waals surface area contributed by atoms with Gasteiger partial charge in [-0.1, -0.05) is 65.6 Å². The highest BCUT2D eigenvalue weighted by atomic mass is 32.2. The lowest BCUT2D eigenvalue weighted by Gasteiger charge is -2.30. The summed E-state index contributed by atoms with van der Waals surface area (Å²) in [5, 5.41) is 2.54. The number of aryl methyl sites for hydroxylation is 1. The Kier molecular flexibility index (Phi) is 6.44. The highest BCUT2D eigenvalue weighted by Gasteiger charge is 2.56. The topological polar surface area (TPSA) is 88.5 Å². The van der Waals surface area contributed by atoms with Crippen LogP contribution in [0, 0.1) is 18.7 Å². The predicted molar refractivity (Wildman–Crippen MR) is 149 cm³/mol. The maximum absolute atomic E-state index is 13.8. The summed E-state index contributed by atoms with van der Waals surface area (Å²) in [7, 11) is 0. The van der Waals surface area contributed by atoms with Crippen molar-refractivity contribution in [3.05, 3.63) is 110 Å². The summed E-state index contributed by atoms with van der Waals surface area (Å²) in [6.45, 7) is 1.69. The molecule has 0 unspecified atom stereocenters. The van der Waals surface area contributed by atoms with Crippen molar-refractivity contribution < 1.29 is 18.8 Å². The van der Waals surface area contributed by atoms with Crippen molar-refractivity contribution in [3.63, 3.8) is 0 Å². The lowest BCUT2D eigenvalue weighted by molar-refractivity contribution is -0.122. The van der Waals surface area contributed by atoms with Gasteiger partial charge in [0.15, 0.2) is 0 Å². The van der Waals surface area contributed by atoms with Crippen LogP contribution in [-0.4, -0.2) is 27.5 Å². The summed E-state index contributed by atoms with van der Waals surface area (Å²) in [6, 6.07) is 21.9. The molecule has 10 heteroatoms. The van der Waals surface area contributed by atoms with Crippen molar-refractivity contribution >= 4 is 52.2 Å². The van der Waals surface area contributed by atoms with Crippen LogP contribution in [0.1, 0.15) is 21.9 Å². The van der Waals surface area contributed by atoms with Gasteiger partial charge in [0.2, 0.25) is 17.7 Å². The van der Waals surface area contributed by atoms with Crippen LogP contribution < -0.4 is 15.1 Å². The maximum Gasteiger partial charge on any atom is 0.308 e. The lowest BCUT2D eigenvalue weighted by Crippen LogP contribution is -2.33. The Hall–Kier alpha value is -4.02. The maximum atomic E-state index is 13.8. The van der Waals surface area contributed by atoms with Crippen molar-refractivity contribution in [2.75, 3.05) is 10.2 Å². The molecule has 196 valence electrons. The Labute approximate surface area is 231 Å². The fraction of sp³-hybridized carbons (Fsp3) is 0.172. The number of halogens is 1. The van der Waals surface area contributed by atoms with Gasteiger partial charge in [-0.15, -0.1) is 0 Å². The Morgan fingerprint density at radius 2 is 1.69 bits per heavy atom. The Morgan fingerprint density at radius 1 is 0.949 bits per heavy atom. The molecule has 0 bridgehead atoms. The number of carbonyl (C=O) groups excluding carboxylic acids is 3. The highest BCUT2D eigenvalue weighted by molar-refractivity contribution is 8.00. The molecule has 39 heavy (non-hydrogen) atoms. The minimum Gasteiger partial charge on any atom is -0.325 e. The molecule has 1 fully saturated rings. The smallest absolute Gasteiger partial charge is 0.308 e. The normalized spacial score (nSPS) is 20.1. The number of anilines is 2. The van der Waals surface area contributed by atoms with E-state index in [9.17, 15) is 23.6 Å². The molecule has 0 radical (unpaired) electrons. The first-order chi connectivity index (χ1) is 18.8. The van der Waals surface area contributed by atoms with Gasteiger partial charge < -0.3 is 5.32 Å². The summed E-state index contributed by atoms with van der Waals surface area (Å²) >= 11 is 2.14. The first kappa shape index (κ1) is 25.3. The average molecular weight is 560 g/mol. The number of hydrogen-bond donors (Lipinski definition) is 1. The van der Waals surface area contributed by atoms with Gasteiger partial charge in [-0.05, 0) is 54.4 Å². The number of nitrogens with zero attached hydrogens (tertiary/aromatic N) is 2. The average Bonchev–Trinajstić information content (AvgIpc) is 3.36. The molecule has 1 N–H and O–H groups in total. The van der Waals surface area contributed by atoms with Crippen LogP contribution in [0.5, 0.6) is 0 Å². The fourth-order valence-electron chi connectivity index (χ4n) is 5.19. The van der Waals surface area contributed by atoms with E-state index in [2.05, 4.69) is 5.32 Å². The largest absolute Gasteiger partial charge is 0.325 e. The van der Waals surface area contributed by atoms with E-state index < -0.39 is 34.7 Å². The van der Waals surface area contributed by atoms with Gasteiger partial charge >= 0.3 is 4.87 Å². The van der Waals surface area contributed by atoms with E-state index in [0.29, 0.717) is 21.3 Å². The summed E-state index contributed by atoms with van der Waals surface area (Å²) in [5.41, 5.74) is 2.71. The molecule has 2 aliphatic heterocycles. The third-order valence-corrected chi connectivity index (χ3v) is 9.50. The van der Waals surface area contributed by atoms with Gasteiger partial charge in [-0.3, -0.25) is 23.7 Å². The molecular weight excluding hydrogens is 537 g/mol. The number of thioether (sulfide) groups is 1. The van der Waals surface area contributed by atoms with Gasteiger partial charge in [-0.25, -0.2) is 9.29 Å². The van der Waals surface area contributed by atoms with E-state index in [4.69, 9.17) is 0 Å². The van der Waals surface area contributed by atoms with E-state index in [0.717, 1.165) is 39.1 Å². The monoisotopic (exact) mass is 559 g/mol. The highest BCUT2D eigenvalue weighted by Crippen LogP contribution is 2.53. The molecular formula is C29H22FN3O4S2. The molecule has 6 rings (SSSR count). The van der Waals surface area contributed by atoms with E-state index in [1.54, 1.807) is 6.07 Å². The van der Waals surface area contributed by atoms with Crippen molar-refractivity contribution in [3.8, 4) is 0 Å². The molecule has 2 aliphatic rings. The minimum absolute atomic E-state index is 0.228. The fourth-order valence-corrected chi connectivity index (χ4v) is 7.96. The summed E-state index contributed by atoms with van der Waals surface area (Å²) in [6.07, 6.45) is 0. The van der Waals surface area contributed by atoms with E-state index in [1.165, 1.54) is 28.8 Å².